The molecule has 9 nitrogen and oxygen atoms in total. The number of ether oxygens (including phenoxy) is 3. The molecule has 254 valence electrons. The average Bonchev–Trinajstić information content (AvgIpc) is 3.85. The summed E-state index contributed by atoms with van der Waals surface area (Å²) in [6, 6.07) is 4.96. The van der Waals surface area contributed by atoms with Crippen molar-refractivity contribution in [1.29, 1.82) is 0 Å². The van der Waals surface area contributed by atoms with E-state index in [0.717, 1.165) is 64.0 Å². The third kappa shape index (κ3) is 6.81. The number of morpholine rings is 1. The highest BCUT2D eigenvalue weighted by Gasteiger charge is 2.45. The number of terminal acetylenes is 1. The number of fused-ring (bicyclic) bond motifs is 2. The Morgan fingerprint density at radius 1 is 1.06 bits per heavy atom. The molecule has 48 heavy (non-hydrogen) atoms. The Bertz CT molecular complexity index is 1850. The van der Waals surface area contributed by atoms with Gasteiger partial charge in [0.25, 0.3) is 0 Å². The Balaban J connectivity index is 1.46. The first kappa shape index (κ1) is 33.6. The lowest BCUT2D eigenvalue weighted by atomic mass is 9.92. The molecule has 0 radical (unpaired) electrons. The predicted octanol–water partition coefficient (Wildman–Crippen LogP) is 5.86. The molecule has 3 N–H and O–H groups in total. The summed E-state index contributed by atoms with van der Waals surface area (Å²) >= 11 is 0. The summed E-state index contributed by atoms with van der Waals surface area (Å²) in [6.45, 7) is 8.15. The molecule has 2 fully saturated rings. The van der Waals surface area contributed by atoms with Gasteiger partial charge in [-0.25, -0.2) is 13.2 Å². The van der Waals surface area contributed by atoms with E-state index < -0.39 is 23.0 Å². The van der Waals surface area contributed by atoms with E-state index in [1.54, 1.807) is 0 Å². The second-order valence-electron chi connectivity index (χ2n) is 12.5. The lowest BCUT2D eigenvalue weighted by Crippen LogP contribution is -2.41. The Hall–Kier alpha value is -4.31. The van der Waals surface area contributed by atoms with Crippen molar-refractivity contribution in [3.05, 3.63) is 47.3 Å². The Morgan fingerprint density at radius 3 is 2.56 bits per heavy atom. The van der Waals surface area contributed by atoms with E-state index in [4.69, 9.17) is 20.6 Å². The van der Waals surface area contributed by atoms with Crippen molar-refractivity contribution < 1.29 is 32.5 Å². The van der Waals surface area contributed by atoms with Crippen LogP contribution in [0.3, 0.4) is 0 Å². The van der Waals surface area contributed by atoms with Gasteiger partial charge >= 0.3 is 6.01 Å². The molecule has 3 aromatic carbocycles. The minimum atomic E-state index is -1.08. The molecule has 1 aromatic heterocycles. The summed E-state index contributed by atoms with van der Waals surface area (Å²) in [7, 11) is 1.26. The number of aromatic hydroxyl groups is 1. The van der Waals surface area contributed by atoms with Gasteiger partial charge in [0.15, 0.2) is 17.4 Å². The van der Waals surface area contributed by atoms with Gasteiger partial charge < -0.3 is 30.0 Å². The number of halogens is 3. The monoisotopic (exact) mass is 663 g/mol. The molecule has 6 rings (SSSR count). The molecule has 0 unspecified atom stereocenters. The van der Waals surface area contributed by atoms with E-state index in [0.29, 0.717) is 38.3 Å². The van der Waals surface area contributed by atoms with Crippen LogP contribution in [0, 0.1) is 35.2 Å². The van der Waals surface area contributed by atoms with Crippen LogP contribution in [0.2, 0.25) is 0 Å². The SMILES string of the molecule is C#Cc1c(F)ccc2cc(O)cc(-c3c(F)c(OC)c4c(NCCNCCCC)nc(OCC5(CN6CCOCC6)CC5)nc4c3F)c12. The first-order chi connectivity index (χ1) is 23.3. The summed E-state index contributed by atoms with van der Waals surface area (Å²) in [6.07, 6.45) is 9.67. The largest absolute Gasteiger partial charge is 0.508 e. The number of aromatic nitrogens is 2. The number of benzene rings is 3. The molecule has 1 saturated heterocycles. The second kappa shape index (κ2) is 14.4. The molecule has 1 aliphatic carbocycles. The molecule has 4 aromatic rings. The molecular formula is C36H40F3N5O4. The highest BCUT2D eigenvalue weighted by atomic mass is 19.1. The maximum atomic E-state index is 16.9. The first-order valence-corrected chi connectivity index (χ1v) is 16.4. The van der Waals surface area contributed by atoms with Crippen molar-refractivity contribution in [3.8, 4) is 41.0 Å². The van der Waals surface area contributed by atoms with Crippen LogP contribution in [-0.2, 0) is 4.74 Å². The third-order valence-electron chi connectivity index (χ3n) is 9.06. The van der Waals surface area contributed by atoms with Crippen LogP contribution in [0.4, 0.5) is 19.0 Å². The van der Waals surface area contributed by atoms with Crippen molar-refractivity contribution in [2.75, 3.05) is 71.5 Å². The molecule has 1 aliphatic heterocycles. The fourth-order valence-corrected chi connectivity index (χ4v) is 6.31. The van der Waals surface area contributed by atoms with E-state index in [1.807, 2.05) is 0 Å². The van der Waals surface area contributed by atoms with Crippen LogP contribution in [0.1, 0.15) is 38.2 Å². The fraction of sp³-hybridized carbons (Fsp3) is 0.444. The zero-order chi connectivity index (χ0) is 33.8. The minimum Gasteiger partial charge on any atom is -0.508 e. The quantitative estimate of drug-likeness (QED) is 0.113. The van der Waals surface area contributed by atoms with Crippen LogP contribution in [0.25, 0.3) is 32.8 Å². The minimum absolute atomic E-state index is 0.0144. The van der Waals surface area contributed by atoms with Gasteiger partial charge in [0.2, 0.25) is 0 Å². The Labute approximate surface area is 277 Å². The van der Waals surface area contributed by atoms with Gasteiger partial charge in [-0.15, -0.1) is 6.42 Å². The number of nitrogens with zero attached hydrogens (tertiary/aromatic N) is 3. The van der Waals surface area contributed by atoms with Crippen LogP contribution in [-0.4, -0.2) is 86.2 Å². The second-order valence-corrected chi connectivity index (χ2v) is 12.5. The van der Waals surface area contributed by atoms with Gasteiger partial charge in [-0.1, -0.05) is 25.3 Å². The first-order valence-electron chi connectivity index (χ1n) is 16.4. The molecule has 2 heterocycles. The van der Waals surface area contributed by atoms with Crippen molar-refractivity contribution >= 4 is 27.5 Å². The van der Waals surface area contributed by atoms with Crippen molar-refractivity contribution in [2.24, 2.45) is 5.41 Å². The topological polar surface area (TPSA) is 101 Å². The molecule has 1 saturated carbocycles. The summed E-state index contributed by atoms with van der Waals surface area (Å²) in [4.78, 5) is 11.4. The number of unbranched alkanes of at least 4 members (excludes halogenated alkanes) is 1. The number of hydrogen-bond acceptors (Lipinski definition) is 9. The Morgan fingerprint density at radius 2 is 1.85 bits per heavy atom. The van der Waals surface area contributed by atoms with E-state index in [2.05, 4.69) is 38.3 Å². The highest BCUT2D eigenvalue weighted by Crippen LogP contribution is 2.48. The van der Waals surface area contributed by atoms with Gasteiger partial charge in [-0.3, -0.25) is 4.90 Å². The normalized spacial score (nSPS) is 15.8. The lowest BCUT2D eigenvalue weighted by Gasteiger charge is -2.30. The number of rotatable bonds is 14. The fourth-order valence-electron chi connectivity index (χ4n) is 6.31. The van der Waals surface area contributed by atoms with E-state index >= 15 is 8.78 Å². The molecule has 12 heteroatoms. The van der Waals surface area contributed by atoms with E-state index in [-0.39, 0.29) is 56.2 Å². The molecule has 2 aliphatic rings. The molecule has 0 atom stereocenters. The number of methoxy groups -OCH3 is 1. The number of nitrogens with one attached hydrogen (secondary N) is 2. The van der Waals surface area contributed by atoms with Crippen LogP contribution in [0.15, 0.2) is 24.3 Å². The zero-order valence-electron chi connectivity index (χ0n) is 27.2. The Kier molecular flexibility index (Phi) is 10.1. The van der Waals surface area contributed by atoms with Gasteiger partial charge in [0.05, 0.1) is 43.4 Å². The number of anilines is 1. The van der Waals surface area contributed by atoms with Gasteiger partial charge in [0.1, 0.15) is 22.9 Å². The maximum Gasteiger partial charge on any atom is 0.319 e. The highest BCUT2D eigenvalue weighted by molar-refractivity contribution is 6.05. The van der Waals surface area contributed by atoms with Crippen molar-refractivity contribution in [2.45, 2.75) is 32.6 Å². The molecule has 0 spiro atoms. The predicted molar refractivity (Wildman–Crippen MR) is 179 cm³/mol. The van der Waals surface area contributed by atoms with Crippen LogP contribution in [0.5, 0.6) is 17.5 Å². The van der Waals surface area contributed by atoms with E-state index in [9.17, 15) is 9.50 Å². The lowest BCUT2D eigenvalue weighted by molar-refractivity contribution is 0.0231. The maximum absolute atomic E-state index is 16.9. The van der Waals surface area contributed by atoms with Gasteiger partial charge in [0, 0.05) is 49.1 Å². The van der Waals surface area contributed by atoms with Crippen molar-refractivity contribution in [1.82, 2.24) is 20.2 Å². The number of phenolic OH excluding ortho intramolecular Hbond substituents is 1. The summed E-state index contributed by atoms with van der Waals surface area (Å²) in [5.41, 5.74) is -1.26. The molecule has 0 amide bonds. The summed E-state index contributed by atoms with van der Waals surface area (Å²) in [5.74, 6) is -1.06. The zero-order valence-corrected chi connectivity index (χ0v) is 27.2. The smallest absolute Gasteiger partial charge is 0.319 e. The molecule has 0 bridgehead atoms. The standard InChI is InChI=1S/C36H40F3N5O4/c1-4-6-11-40-12-13-41-34-29-32(42-35(43-34)48-21-36(9-10-36)20-44-14-16-47-17-15-44)30(38)28(31(39)33(29)46-3)25-19-23(45)18-22-7-8-26(37)24(5-2)27(22)25/h2,7-8,18-19,40,45H,4,6,9-17,20-21H2,1,3H3,(H,41,42,43). The van der Waals surface area contributed by atoms with Gasteiger partial charge in [-0.2, -0.15) is 9.97 Å². The third-order valence-corrected chi connectivity index (χ3v) is 9.06. The van der Waals surface area contributed by atoms with Gasteiger partial charge in [-0.05, 0) is 49.4 Å². The average molecular weight is 664 g/mol. The summed E-state index contributed by atoms with van der Waals surface area (Å²) < 4.78 is 65.5. The number of hydrogen-bond donors (Lipinski definition) is 3. The van der Waals surface area contributed by atoms with Crippen LogP contribution < -0.4 is 20.1 Å². The number of phenols is 1. The summed E-state index contributed by atoms with van der Waals surface area (Å²) in [5, 5.41) is 17.4. The van der Waals surface area contributed by atoms with Crippen LogP contribution >= 0.6 is 0 Å². The van der Waals surface area contributed by atoms with Crippen molar-refractivity contribution in [3.63, 3.8) is 0 Å². The van der Waals surface area contributed by atoms with E-state index in [1.165, 1.54) is 19.2 Å². The molecular weight excluding hydrogens is 623 g/mol.